The van der Waals surface area contributed by atoms with E-state index in [4.69, 9.17) is 0 Å². The largest absolute Gasteiger partial charge is 0.298 e. The minimum absolute atomic E-state index is 0.310. The maximum Gasteiger partial charge on any atom is 0.150 e. The van der Waals surface area contributed by atoms with Gasteiger partial charge < -0.3 is 0 Å². The first kappa shape index (κ1) is 11.2. The number of carbonyl (C=O) groups excluding carboxylic acids is 1. The Morgan fingerprint density at radius 1 is 1.05 bits per heavy atom. The van der Waals surface area contributed by atoms with Gasteiger partial charge in [-0.2, -0.15) is 0 Å². The molecule has 2 aromatic carbocycles. The van der Waals surface area contributed by atoms with E-state index in [1.54, 1.807) is 0 Å². The van der Waals surface area contributed by atoms with Gasteiger partial charge in [-0.25, -0.2) is 0 Å². The van der Waals surface area contributed by atoms with Gasteiger partial charge in [-0.05, 0) is 59.8 Å². The Hall–Kier alpha value is -1.63. The number of rotatable bonds is 2. The van der Waals surface area contributed by atoms with Crippen LogP contribution in [0.3, 0.4) is 0 Å². The van der Waals surface area contributed by atoms with Crippen molar-refractivity contribution in [3.8, 4) is 0 Å². The van der Waals surface area contributed by atoms with Gasteiger partial charge in [0.25, 0.3) is 0 Å². The average Bonchev–Trinajstić information content (AvgIpc) is 3.07. The molecule has 0 heterocycles. The van der Waals surface area contributed by atoms with Gasteiger partial charge >= 0.3 is 0 Å². The van der Waals surface area contributed by atoms with Crippen molar-refractivity contribution in [1.29, 1.82) is 0 Å². The van der Waals surface area contributed by atoms with Gasteiger partial charge in [-0.1, -0.05) is 36.4 Å². The van der Waals surface area contributed by atoms with Crippen molar-refractivity contribution in [2.45, 2.75) is 37.5 Å². The third kappa shape index (κ3) is 1.51. The standard InChI is InChI=1S/C18H18O/c19-12-16-15-4-2-1-3-14(15)5-6-17(16)18-9-7-13(11-18)8-10-18/h1-6,12-13H,7-11H2. The van der Waals surface area contributed by atoms with E-state index in [9.17, 15) is 4.79 Å². The molecule has 2 aliphatic rings. The first-order chi connectivity index (χ1) is 9.32. The highest BCUT2D eigenvalue weighted by Crippen LogP contribution is 2.56. The highest BCUT2D eigenvalue weighted by molar-refractivity contribution is 6.00. The molecule has 2 fully saturated rings. The molecule has 2 aromatic rings. The fourth-order valence-electron chi connectivity index (χ4n) is 4.46. The van der Waals surface area contributed by atoms with Crippen molar-refractivity contribution in [2.24, 2.45) is 5.92 Å². The number of aldehydes is 1. The van der Waals surface area contributed by atoms with E-state index < -0.39 is 0 Å². The lowest BCUT2D eigenvalue weighted by molar-refractivity contribution is 0.112. The van der Waals surface area contributed by atoms with E-state index in [0.717, 1.165) is 23.2 Å². The molecule has 0 unspecified atom stereocenters. The van der Waals surface area contributed by atoms with Crippen LogP contribution in [0.15, 0.2) is 36.4 Å². The molecule has 0 N–H and O–H groups in total. The molecule has 4 rings (SSSR count). The average molecular weight is 250 g/mol. The van der Waals surface area contributed by atoms with E-state index >= 15 is 0 Å². The molecule has 0 spiro atoms. The summed E-state index contributed by atoms with van der Waals surface area (Å²) in [5.41, 5.74) is 2.58. The van der Waals surface area contributed by atoms with Crippen LogP contribution in [0, 0.1) is 5.92 Å². The van der Waals surface area contributed by atoms with Crippen LogP contribution in [0.4, 0.5) is 0 Å². The second kappa shape index (κ2) is 3.93. The number of benzene rings is 2. The van der Waals surface area contributed by atoms with E-state index in [1.165, 1.54) is 43.1 Å². The van der Waals surface area contributed by atoms with Crippen LogP contribution in [0.5, 0.6) is 0 Å². The zero-order valence-electron chi connectivity index (χ0n) is 11.1. The Bertz CT molecular complexity index is 648. The summed E-state index contributed by atoms with van der Waals surface area (Å²) in [6.45, 7) is 0. The Morgan fingerprint density at radius 3 is 2.53 bits per heavy atom. The topological polar surface area (TPSA) is 17.1 Å². The molecule has 2 saturated carbocycles. The lowest BCUT2D eigenvalue weighted by Gasteiger charge is -2.29. The van der Waals surface area contributed by atoms with Crippen molar-refractivity contribution in [2.75, 3.05) is 0 Å². The molecule has 0 aliphatic heterocycles. The summed E-state index contributed by atoms with van der Waals surface area (Å²) in [7, 11) is 0. The minimum atomic E-state index is 0.310. The van der Waals surface area contributed by atoms with Crippen LogP contribution in [-0.2, 0) is 5.41 Å². The second-order valence-corrected chi connectivity index (χ2v) is 6.29. The van der Waals surface area contributed by atoms with Gasteiger partial charge in [0, 0.05) is 5.56 Å². The van der Waals surface area contributed by atoms with E-state index in [2.05, 4.69) is 24.3 Å². The molecule has 2 bridgehead atoms. The predicted octanol–water partition coefficient (Wildman–Crippen LogP) is 4.48. The first-order valence-electron chi connectivity index (χ1n) is 7.30. The van der Waals surface area contributed by atoms with Crippen LogP contribution < -0.4 is 0 Å². The quantitative estimate of drug-likeness (QED) is 0.718. The monoisotopic (exact) mass is 250 g/mol. The number of hydrogen-bond acceptors (Lipinski definition) is 1. The van der Waals surface area contributed by atoms with Crippen molar-refractivity contribution in [3.05, 3.63) is 47.5 Å². The molecule has 0 radical (unpaired) electrons. The molecular formula is C18H18O. The number of carbonyl (C=O) groups is 1. The van der Waals surface area contributed by atoms with E-state index in [1.807, 2.05) is 12.1 Å². The lowest BCUT2D eigenvalue weighted by atomic mass is 9.75. The van der Waals surface area contributed by atoms with Crippen LogP contribution in [0.2, 0.25) is 0 Å². The molecule has 19 heavy (non-hydrogen) atoms. The van der Waals surface area contributed by atoms with Gasteiger partial charge in [0.05, 0.1) is 0 Å². The molecule has 0 saturated heterocycles. The van der Waals surface area contributed by atoms with Gasteiger partial charge in [0.15, 0.2) is 6.29 Å². The SMILES string of the molecule is O=Cc1c(C23CCC(CC2)C3)ccc2ccccc12. The summed E-state index contributed by atoms with van der Waals surface area (Å²) >= 11 is 0. The normalized spacial score (nSPS) is 28.9. The van der Waals surface area contributed by atoms with Gasteiger partial charge in [0.2, 0.25) is 0 Å². The smallest absolute Gasteiger partial charge is 0.150 e. The Balaban J connectivity index is 1.97. The molecule has 1 nitrogen and oxygen atoms in total. The van der Waals surface area contributed by atoms with Crippen molar-refractivity contribution >= 4 is 17.1 Å². The molecular weight excluding hydrogens is 232 g/mol. The molecule has 0 amide bonds. The van der Waals surface area contributed by atoms with E-state index in [-0.39, 0.29) is 0 Å². The van der Waals surface area contributed by atoms with Crippen LogP contribution in [-0.4, -0.2) is 6.29 Å². The molecule has 0 aromatic heterocycles. The predicted molar refractivity (Wildman–Crippen MR) is 77.6 cm³/mol. The summed E-state index contributed by atoms with van der Waals surface area (Å²) in [5.74, 6) is 0.908. The van der Waals surface area contributed by atoms with Gasteiger partial charge in [0.1, 0.15) is 0 Å². The first-order valence-corrected chi connectivity index (χ1v) is 7.30. The molecule has 2 aliphatic carbocycles. The Morgan fingerprint density at radius 2 is 1.84 bits per heavy atom. The summed E-state index contributed by atoms with van der Waals surface area (Å²) in [5, 5.41) is 2.30. The lowest BCUT2D eigenvalue weighted by Crippen LogP contribution is -2.21. The van der Waals surface area contributed by atoms with Crippen LogP contribution in [0.1, 0.15) is 48.0 Å². The Kier molecular flexibility index (Phi) is 2.32. The van der Waals surface area contributed by atoms with Gasteiger partial charge in [-0.3, -0.25) is 4.79 Å². The third-order valence-corrected chi connectivity index (χ3v) is 5.40. The molecule has 0 atom stereocenters. The summed E-state index contributed by atoms with van der Waals surface area (Å²) in [4.78, 5) is 11.7. The van der Waals surface area contributed by atoms with Crippen LogP contribution in [0.25, 0.3) is 10.8 Å². The van der Waals surface area contributed by atoms with Crippen molar-refractivity contribution < 1.29 is 4.79 Å². The van der Waals surface area contributed by atoms with Crippen LogP contribution >= 0.6 is 0 Å². The Labute approximate surface area is 113 Å². The number of fused-ring (bicyclic) bond motifs is 3. The summed E-state index contributed by atoms with van der Waals surface area (Å²) in [6.07, 6.45) is 7.63. The van der Waals surface area contributed by atoms with Gasteiger partial charge in [-0.15, -0.1) is 0 Å². The maximum atomic E-state index is 11.7. The fraction of sp³-hybridized carbons (Fsp3) is 0.389. The maximum absolute atomic E-state index is 11.7. The summed E-state index contributed by atoms with van der Waals surface area (Å²) in [6, 6.07) is 12.7. The number of hydrogen-bond donors (Lipinski definition) is 0. The van der Waals surface area contributed by atoms with E-state index in [0.29, 0.717) is 5.41 Å². The van der Waals surface area contributed by atoms with Crippen molar-refractivity contribution in [1.82, 2.24) is 0 Å². The minimum Gasteiger partial charge on any atom is -0.298 e. The zero-order chi connectivity index (χ0) is 12.9. The fourth-order valence-corrected chi connectivity index (χ4v) is 4.46. The highest BCUT2D eigenvalue weighted by Gasteiger charge is 2.46. The highest BCUT2D eigenvalue weighted by atomic mass is 16.1. The molecule has 96 valence electrons. The molecule has 1 heteroatoms. The zero-order valence-corrected chi connectivity index (χ0v) is 11.1. The van der Waals surface area contributed by atoms with Crippen molar-refractivity contribution in [3.63, 3.8) is 0 Å². The summed E-state index contributed by atoms with van der Waals surface area (Å²) < 4.78 is 0. The third-order valence-electron chi connectivity index (χ3n) is 5.40. The second-order valence-electron chi connectivity index (χ2n) is 6.29.